The Labute approximate surface area is 106 Å². The maximum absolute atomic E-state index is 13.5. The summed E-state index contributed by atoms with van der Waals surface area (Å²) in [6, 6.07) is 4.02. The van der Waals surface area contributed by atoms with Gasteiger partial charge in [-0.3, -0.25) is 0 Å². The van der Waals surface area contributed by atoms with E-state index in [4.69, 9.17) is 11.0 Å². The van der Waals surface area contributed by atoms with Crippen molar-refractivity contribution < 1.29 is 9.50 Å². The molecule has 0 saturated heterocycles. The van der Waals surface area contributed by atoms with Gasteiger partial charge in [-0.2, -0.15) is 5.26 Å². The quantitative estimate of drug-likeness (QED) is 0.845. The summed E-state index contributed by atoms with van der Waals surface area (Å²) in [4.78, 5) is 0. The van der Waals surface area contributed by atoms with E-state index in [2.05, 4.69) is 0 Å². The molecule has 3 nitrogen and oxygen atoms in total. The highest BCUT2D eigenvalue weighted by molar-refractivity contribution is 5.44. The van der Waals surface area contributed by atoms with Crippen LogP contribution in [0.15, 0.2) is 12.1 Å². The average molecular weight is 248 g/mol. The van der Waals surface area contributed by atoms with Crippen LogP contribution in [0.1, 0.15) is 49.3 Å². The largest absolute Gasteiger partial charge is 0.505 e. The molecule has 1 saturated carbocycles. The first-order valence-corrected chi connectivity index (χ1v) is 6.31. The zero-order chi connectivity index (χ0) is 13.1. The highest BCUT2D eigenvalue weighted by atomic mass is 19.1. The van der Waals surface area contributed by atoms with E-state index >= 15 is 0 Å². The third-order valence-electron chi connectivity index (χ3n) is 3.74. The van der Waals surface area contributed by atoms with Crippen LogP contribution >= 0.6 is 0 Å². The number of nitrogens with two attached hydrogens (primary N) is 1. The van der Waals surface area contributed by atoms with Gasteiger partial charge < -0.3 is 10.8 Å². The number of rotatable bonds is 2. The van der Waals surface area contributed by atoms with Crippen molar-refractivity contribution in [2.75, 3.05) is 0 Å². The number of nitriles is 1. The molecule has 1 aliphatic carbocycles. The van der Waals surface area contributed by atoms with Gasteiger partial charge in [0.15, 0.2) is 11.6 Å². The van der Waals surface area contributed by atoms with Crippen LogP contribution in [0.4, 0.5) is 4.39 Å². The molecular weight excluding hydrogens is 231 g/mol. The summed E-state index contributed by atoms with van der Waals surface area (Å²) < 4.78 is 13.5. The number of hydrogen-bond acceptors (Lipinski definition) is 3. The molecule has 3 N–H and O–H groups in total. The molecule has 2 rings (SSSR count). The zero-order valence-electron chi connectivity index (χ0n) is 10.2. The third-order valence-corrected chi connectivity index (χ3v) is 3.74. The van der Waals surface area contributed by atoms with Gasteiger partial charge in [-0.25, -0.2) is 4.39 Å². The van der Waals surface area contributed by atoms with Gasteiger partial charge in [0.1, 0.15) is 0 Å². The summed E-state index contributed by atoms with van der Waals surface area (Å²) >= 11 is 0. The Morgan fingerprint density at radius 2 is 2.00 bits per heavy atom. The van der Waals surface area contributed by atoms with Crippen molar-refractivity contribution in [1.29, 1.82) is 5.26 Å². The summed E-state index contributed by atoms with van der Waals surface area (Å²) in [7, 11) is 0. The summed E-state index contributed by atoms with van der Waals surface area (Å²) in [5.74, 6) is -0.916. The predicted octanol–water partition coefficient (Wildman–Crippen LogP) is 2.98. The van der Waals surface area contributed by atoms with Gasteiger partial charge in [0, 0.05) is 11.6 Å². The number of phenols is 1. The van der Waals surface area contributed by atoms with E-state index in [1.807, 2.05) is 6.07 Å². The second-order valence-corrected chi connectivity index (χ2v) is 4.93. The lowest BCUT2D eigenvalue weighted by Crippen LogP contribution is -2.24. The zero-order valence-corrected chi connectivity index (χ0v) is 10.2. The van der Waals surface area contributed by atoms with E-state index in [-0.39, 0.29) is 11.5 Å². The highest BCUT2D eigenvalue weighted by Gasteiger charge is 2.25. The lowest BCUT2D eigenvalue weighted by molar-refractivity contribution is 0.300. The van der Waals surface area contributed by atoms with Gasteiger partial charge in [0.2, 0.25) is 0 Å². The molecule has 0 spiro atoms. The number of halogens is 1. The molecule has 1 aliphatic rings. The minimum atomic E-state index is -0.768. The number of benzene rings is 1. The molecule has 0 heterocycles. The molecule has 18 heavy (non-hydrogen) atoms. The Balaban J connectivity index is 2.31. The summed E-state index contributed by atoms with van der Waals surface area (Å²) in [5, 5.41) is 18.6. The van der Waals surface area contributed by atoms with Crippen molar-refractivity contribution in [3.8, 4) is 11.8 Å². The topological polar surface area (TPSA) is 70.0 Å². The maximum atomic E-state index is 13.5. The van der Waals surface area contributed by atoms with Crippen molar-refractivity contribution in [2.24, 2.45) is 11.7 Å². The molecule has 1 atom stereocenters. The number of nitrogens with zero attached hydrogens (tertiary/aromatic N) is 1. The van der Waals surface area contributed by atoms with E-state index in [9.17, 15) is 9.50 Å². The van der Waals surface area contributed by atoms with Crippen molar-refractivity contribution >= 4 is 0 Å². The van der Waals surface area contributed by atoms with E-state index < -0.39 is 17.6 Å². The Morgan fingerprint density at radius 1 is 1.33 bits per heavy atom. The maximum Gasteiger partial charge on any atom is 0.166 e. The van der Waals surface area contributed by atoms with Crippen molar-refractivity contribution in [3.05, 3.63) is 29.1 Å². The molecule has 0 radical (unpaired) electrons. The number of phenolic OH excluding ortho intramolecular Hbond substituents is 1. The Hall–Kier alpha value is -1.60. The first-order valence-electron chi connectivity index (χ1n) is 6.31. The molecule has 0 bridgehead atoms. The molecule has 4 heteroatoms. The fourth-order valence-electron chi connectivity index (χ4n) is 2.69. The fourth-order valence-corrected chi connectivity index (χ4v) is 2.69. The molecule has 0 amide bonds. The SMILES string of the molecule is N#Cc1cc(F)c(O)c([C@H](N)C2CCCCC2)c1. The van der Waals surface area contributed by atoms with Gasteiger partial charge >= 0.3 is 0 Å². The Bertz CT molecular complexity index is 475. The van der Waals surface area contributed by atoms with Crippen molar-refractivity contribution in [2.45, 2.75) is 38.1 Å². The van der Waals surface area contributed by atoms with Crippen LogP contribution in [-0.4, -0.2) is 5.11 Å². The van der Waals surface area contributed by atoms with Crippen LogP contribution in [0.25, 0.3) is 0 Å². The Kier molecular flexibility index (Phi) is 3.83. The lowest BCUT2D eigenvalue weighted by atomic mass is 9.81. The number of hydrogen-bond donors (Lipinski definition) is 2. The molecule has 0 aromatic heterocycles. The monoisotopic (exact) mass is 248 g/mol. The summed E-state index contributed by atoms with van der Waals surface area (Å²) in [6.07, 6.45) is 5.46. The summed E-state index contributed by atoms with van der Waals surface area (Å²) in [6.45, 7) is 0. The van der Waals surface area contributed by atoms with Gasteiger partial charge in [0.25, 0.3) is 0 Å². The van der Waals surface area contributed by atoms with Crippen LogP contribution in [0.3, 0.4) is 0 Å². The van der Waals surface area contributed by atoms with Crippen LogP contribution in [-0.2, 0) is 0 Å². The van der Waals surface area contributed by atoms with Crippen LogP contribution < -0.4 is 5.73 Å². The second kappa shape index (κ2) is 5.36. The van der Waals surface area contributed by atoms with Crippen LogP contribution in [0.2, 0.25) is 0 Å². The lowest BCUT2D eigenvalue weighted by Gasteiger charge is -2.28. The third kappa shape index (κ3) is 2.46. The van der Waals surface area contributed by atoms with Gasteiger partial charge in [-0.05, 0) is 30.9 Å². The van der Waals surface area contributed by atoms with E-state index in [0.29, 0.717) is 5.56 Å². The molecule has 0 aliphatic heterocycles. The van der Waals surface area contributed by atoms with Gasteiger partial charge in [-0.1, -0.05) is 19.3 Å². The molecule has 1 fully saturated rings. The fraction of sp³-hybridized carbons (Fsp3) is 0.500. The molecule has 1 aromatic rings. The van der Waals surface area contributed by atoms with Crippen molar-refractivity contribution in [3.63, 3.8) is 0 Å². The van der Waals surface area contributed by atoms with Crippen LogP contribution in [0, 0.1) is 23.1 Å². The normalized spacial score (nSPS) is 18.3. The first-order chi connectivity index (χ1) is 8.63. The van der Waals surface area contributed by atoms with Gasteiger partial charge in [0.05, 0.1) is 11.6 Å². The molecule has 0 unspecified atom stereocenters. The van der Waals surface area contributed by atoms with Crippen LogP contribution in [0.5, 0.6) is 5.75 Å². The minimum absolute atomic E-state index is 0.201. The molecular formula is C14H17FN2O. The smallest absolute Gasteiger partial charge is 0.166 e. The highest BCUT2D eigenvalue weighted by Crippen LogP contribution is 2.37. The standard InChI is InChI=1S/C14H17FN2O/c15-12-7-9(8-16)6-11(14(12)18)13(17)10-4-2-1-3-5-10/h6-7,10,13,18H,1-5,17H2/t13-/m1/s1. The van der Waals surface area contributed by atoms with E-state index in [1.54, 1.807) is 0 Å². The number of aromatic hydroxyl groups is 1. The van der Waals surface area contributed by atoms with E-state index in [1.165, 1.54) is 12.5 Å². The summed E-state index contributed by atoms with van der Waals surface area (Å²) in [5.41, 5.74) is 6.69. The second-order valence-electron chi connectivity index (χ2n) is 4.93. The Morgan fingerprint density at radius 3 is 2.61 bits per heavy atom. The van der Waals surface area contributed by atoms with E-state index in [0.717, 1.165) is 31.7 Å². The molecule has 96 valence electrons. The van der Waals surface area contributed by atoms with Crippen molar-refractivity contribution in [1.82, 2.24) is 0 Å². The van der Waals surface area contributed by atoms with Gasteiger partial charge in [-0.15, -0.1) is 0 Å². The average Bonchev–Trinajstić information content (AvgIpc) is 2.42. The predicted molar refractivity (Wildman–Crippen MR) is 66.3 cm³/mol. The minimum Gasteiger partial charge on any atom is -0.505 e. The molecule has 1 aromatic carbocycles. The first kappa shape index (κ1) is 12.8.